The molecular weight excluding hydrogens is 224 g/mol. The maximum absolute atomic E-state index is 4.55. The van der Waals surface area contributed by atoms with Crippen molar-refractivity contribution >= 4 is 16.6 Å². The number of benzene rings is 1. The van der Waals surface area contributed by atoms with Gasteiger partial charge in [0.05, 0.1) is 5.69 Å². The van der Waals surface area contributed by atoms with Crippen LogP contribution < -0.4 is 0 Å². The molecule has 0 radical (unpaired) electrons. The molecule has 1 aromatic carbocycles. The van der Waals surface area contributed by atoms with Crippen molar-refractivity contribution in [2.24, 2.45) is 0 Å². The maximum atomic E-state index is 4.55. The summed E-state index contributed by atoms with van der Waals surface area (Å²) in [4.78, 5) is 7.50. The molecular formula is C14H10N4. The lowest BCUT2D eigenvalue weighted by atomic mass is 10.1. The molecule has 4 heteroatoms. The van der Waals surface area contributed by atoms with Crippen LogP contribution in [0.2, 0.25) is 0 Å². The Kier molecular flexibility index (Phi) is 1.80. The quantitative estimate of drug-likeness (QED) is 0.550. The number of aromatic nitrogens is 4. The Morgan fingerprint density at radius 3 is 3.06 bits per heavy atom. The van der Waals surface area contributed by atoms with Crippen LogP contribution in [0, 0.1) is 0 Å². The van der Waals surface area contributed by atoms with Crippen molar-refractivity contribution in [3.8, 4) is 11.3 Å². The van der Waals surface area contributed by atoms with Crippen molar-refractivity contribution in [1.29, 1.82) is 0 Å². The van der Waals surface area contributed by atoms with Crippen molar-refractivity contribution in [3.05, 3.63) is 55.0 Å². The van der Waals surface area contributed by atoms with E-state index in [1.807, 2.05) is 30.6 Å². The lowest BCUT2D eigenvalue weighted by molar-refractivity contribution is 0.944. The van der Waals surface area contributed by atoms with Crippen molar-refractivity contribution in [2.75, 3.05) is 0 Å². The summed E-state index contributed by atoms with van der Waals surface area (Å²) in [5, 5.41) is 5.73. The molecule has 4 rings (SSSR count). The molecule has 0 bridgehead atoms. The third-order valence-corrected chi connectivity index (χ3v) is 3.11. The second-order valence-electron chi connectivity index (χ2n) is 4.20. The van der Waals surface area contributed by atoms with Crippen LogP contribution in [0.15, 0.2) is 55.0 Å². The van der Waals surface area contributed by atoms with Gasteiger partial charge >= 0.3 is 0 Å². The highest BCUT2D eigenvalue weighted by atomic mass is 15.2. The van der Waals surface area contributed by atoms with E-state index in [2.05, 4.69) is 33.3 Å². The largest absolute Gasteiger partial charge is 0.361 e. The summed E-state index contributed by atoms with van der Waals surface area (Å²) in [5.41, 5.74) is 4.05. The Morgan fingerprint density at radius 1 is 1.11 bits per heavy atom. The van der Waals surface area contributed by atoms with Crippen molar-refractivity contribution in [1.82, 2.24) is 19.6 Å². The Hall–Kier alpha value is -2.62. The fourth-order valence-electron chi connectivity index (χ4n) is 2.27. The Bertz CT molecular complexity index is 808. The number of H-pyrrole nitrogens is 1. The monoisotopic (exact) mass is 234 g/mol. The molecule has 0 saturated heterocycles. The smallest absolute Gasteiger partial charge is 0.155 e. The molecule has 1 N–H and O–H groups in total. The molecule has 3 aromatic heterocycles. The Balaban J connectivity index is 2.04. The maximum Gasteiger partial charge on any atom is 0.155 e. The lowest BCUT2D eigenvalue weighted by Crippen LogP contribution is -1.87. The summed E-state index contributed by atoms with van der Waals surface area (Å²) in [7, 11) is 0. The first-order chi connectivity index (χ1) is 8.92. The molecule has 3 heterocycles. The first-order valence-corrected chi connectivity index (χ1v) is 5.79. The standard InChI is InChI=1S/C14H10N4/c1-3-10(11-5-7-15-12(11)4-1)13-9-14-16-6-2-8-18(14)17-13/h1-9,15H. The van der Waals surface area contributed by atoms with E-state index in [-0.39, 0.29) is 0 Å². The highest BCUT2D eigenvalue weighted by Crippen LogP contribution is 2.27. The van der Waals surface area contributed by atoms with E-state index in [0.29, 0.717) is 0 Å². The molecule has 0 aliphatic heterocycles. The number of hydrogen-bond donors (Lipinski definition) is 1. The first-order valence-electron chi connectivity index (χ1n) is 5.79. The molecule has 4 nitrogen and oxygen atoms in total. The van der Waals surface area contributed by atoms with Crippen molar-refractivity contribution < 1.29 is 0 Å². The number of nitrogens with one attached hydrogen (secondary N) is 1. The van der Waals surface area contributed by atoms with E-state index in [9.17, 15) is 0 Å². The summed E-state index contributed by atoms with van der Waals surface area (Å²) < 4.78 is 1.79. The first kappa shape index (κ1) is 9.41. The van der Waals surface area contributed by atoms with Crippen LogP contribution in [0.3, 0.4) is 0 Å². The fourth-order valence-corrected chi connectivity index (χ4v) is 2.27. The summed E-state index contributed by atoms with van der Waals surface area (Å²) in [5.74, 6) is 0. The van der Waals surface area contributed by atoms with Gasteiger partial charge in [0.1, 0.15) is 0 Å². The third kappa shape index (κ3) is 1.26. The lowest BCUT2D eigenvalue weighted by Gasteiger charge is -1.98. The van der Waals surface area contributed by atoms with Gasteiger partial charge in [0.15, 0.2) is 5.65 Å². The molecule has 86 valence electrons. The summed E-state index contributed by atoms with van der Waals surface area (Å²) in [6.45, 7) is 0. The number of nitrogens with zero attached hydrogens (tertiary/aromatic N) is 3. The average molecular weight is 234 g/mol. The Labute approximate surface area is 103 Å². The molecule has 4 aromatic rings. The molecule has 18 heavy (non-hydrogen) atoms. The number of fused-ring (bicyclic) bond motifs is 2. The van der Waals surface area contributed by atoms with Gasteiger partial charge in [-0.3, -0.25) is 0 Å². The molecule has 0 fully saturated rings. The van der Waals surface area contributed by atoms with E-state index in [4.69, 9.17) is 0 Å². The van der Waals surface area contributed by atoms with E-state index in [1.165, 1.54) is 5.39 Å². The van der Waals surface area contributed by atoms with Crippen LogP contribution in [0.1, 0.15) is 0 Å². The topological polar surface area (TPSA) is 46.0 Å². The molecule has 0 amide bonds. The van der Waals surface area contributed by atoms with E-state index < -0.39 is 0 Å². The van der Waals surface area contributed by atoms with Gasteiger partial charge in [-0.2, -0.15) is 5.10 Å². The third-order valence-electron chi connectivity index (χ3n) is 3.11. The molecule has 0 aliphatic rings. The van der Waals surface area contributed by atoms with Crippen molar-refractivity contribution in [3.63, 3.8) is 0 Å². The number of hydrogen-bond acceptors (Lipinski definition) is 2. The molecule has 0 spiro atoms. The van der Waals surface area contributed by atoms with Crippen LogP contribution in [-0.2, 0) is 0 Å². The van der Waals surface area contributed by atoms with Crippen LogP contribution >= 0.6 is 0 Å². The predicted octanol–water partition coefficient (Wildman–Crippen LogP) is 2.88. The normalized spacial score (nSPS) is 11.3. The minimum Gasteiger partial charge on any atom is -0.361 e. The van der Waals surface area contributed by atoms with Crippen LogP contribution in [-0.4, -0.2) is 19.6 Å². The number of rotatable bonds is 1. The SMILES string of the molecule is c1cc(-c2cc3ncccn3n2)c2cc[nH]c2c1. The summed E-state index contributed by atoms with van der Waals surface area (Å²) >= 11 is 0. The van der Waals surface area contributed by atoms with Gasteiger partial charge in [0.2, 0.25) is 0 Å². The molecule has 0 saturated carbocycles. The van der Waals surface area contributed by atoms with Crippen LogP contribution in [0.25, 0.3) is 27.8 Å². The molecule has 0 atom stereocenters. The van der Waals surface area contributed by atoms with Crippen molar-refractivity contribution in [2.45, 2.75) is 0 Å². The number of aromatic amines is 1. The minimum absolute atomic E-state index is 0.861. The molecule has 0 aliphatic carbocycles. The van der Waals surface area contributed by atoms with Gasteiger partial charge in [-0.05, 0) is 18.2 Å². The minimum atomic E-state index is 0.861. The Morgan fingerprint density at radius 2 is 2.11 bits per heavy atom. The highest BCUT2D eigenvalue weighted by molar-refractivity contribution is 5.94. The zero-order valence-corrected chi connectivity index (χ0v) is 9.54. The van der Waals surface area contributed by atoms with E-state index in [0.717, 1.165) is 22.4 Å². The van der Waals surface area contributed by atoms with E-state index in [1.54, 1.807) is 10.7 Å². The average Bonchev–Trinajstić information content (AvgIpc) is 3.04. The van der Waals surface area contributed by atoms with E-state index >= 15 is 0 Å². The second kappa shape index (κ2) is 3.43. The van der Waals surface area contributed by atoms with Crippen LogP contribution in [0.5, 0.6) is 0 Å². The predicted molar refractivity (Wildman–Crippen MR) is 70.3 cm³/mol. The van der Waals surface area contributed by atoms with Gasteiger partial charge < -0.3 is 4.98 Å². The van der Waals surface area contributed by atoms with Crippen LogP contribution in [0.4, 0.5) is 0 Å². The fraction of sp³-hybridized carbons (Fsp3) is 0. The second-order valence-corrected chi connectivity index (χ2v) is 4.20. The summed E-state index contributed by atoms with van der Waals surface area (Å²) in [6.07, 6.45) is 5.63. The molecule has 0 unspecified atom stereocenters. The van der Waals surface area contributed by atoms with Gasteiger partial charge in [0, 0.05) is 41.1 Å². The van der Waals surface area contributed by atoms with Gasteiger partial charge in [-0.1, -0.05) is 12.1 Å². The zero-order valence-electron chi connectivity index (χ0n) is 9.54. The van der Waals surface area contributed by atoms with Gasteiger partial charge in [0.25, 0.3) is 0 Å². The van der Waals surface area contributed by atoms with Gasteiger partial charge in [-0.25, -0.2) is 9.50 Å². The summed E-state index contributed by atoms with van der Waals surface area (Å²) in [6, 6.07) is 12.1. The van der Waals surface area contributed by atoms with Gasteiger partial charge in [-0.15, -0.1) is 0 Å². The highest BCUT2D eigenvalue weighted by Gasteiger charge is 2.08. The zero-order chi connectivity index (χ0) is 11.9.